The van der Waals surface area contributed by atoms with E-state index < -0.39 is 0 Å². The van der Waals surface area contributed by atoms with Gasteiger partial charge in [-0.15, -0.1) is 0 Å². The molecule has 30 heavy (non-hydrogen) atoms. The Morgan fingerprint density at radius 3 is 2.93 bits per heavy atom. The molecule has 7 heteroatoms. The van der Waals surface area contributed by atoms with Crippen molar-refractivity contribution < 1.29 is 14.3 Å². The summed E-state index contributed by atoms with van der Waals surface area (Å²) in [6.45, 7) is 1.75. The molecule has 0 spiro atoms. The number of hydrogen-bond donors (Lipinski definition) is 1. The van der Waals surface area contributed by atoms with Crippen molar-refractivity contribution in [1.82, 2.24) is 20.1 Å². The molecule has 1 fully saturated rings. The van der Waals surface area contributed by atoms with Gasteiger partial charge in [0.1, 0.15) is 12.3 Å². The second-order valence-corrected chi connectivity index (χ2v) is 7.43. The number of rotatable bonds is 8. The van der Waals surface area contributed by atoms with Gasteiger partial charge in [0.25, 0.3) is 0 Å². The minimum absolute atomic E-state index is 0.0476. The zero-order valence-corrected chi connectivity index (χ0v) is 17.1. The molecule has 1 aromatic carbocycles. The van der Waals surface area contributed by atoms with Gasteiger partial charge in [-0.1, -0.05) is 18.2 Å². The number of carbonyl (C=O) groups is 1. The van der Waals surface area contributed by atoms with E-state index in [4.69, 9.17) is 9.47 Å². The van der Waals surface area contributed by atoms with Crippen molar-refractivity contribution in [2.75, 3.05) is 19.8 Å². The molecule has 156 valence electrons. The van der Waals surface area contributed by atoms with Crippen molar-refractivity contribution in [2.24, 2.45) is 7.05 Å². The van der Waals surface area contributed by atoms with Gasteiger partial charge in [-0.05, 0) is 42.2 Å². The van der Waals surface area contributed by atoms with Crippen LogP contribution in [0.1, 0.15) is 18.4 Å². The number of aryl methyl sites for hydroxylation is 1. The van der Waals surface area contributed by atoms with Gasteiger partial charge in [0.15, 0.2) is 0 Å². The maximum atomic E-state index is 12.1. The van der Waals surface area contributed by atoms with E-state index in [-0.39, 0.29) is 18.6 Å². The van der Waals surface area contributed by atoms with Gasteiger partial charge >= 0.3 is 0 Å². The van der Waals surface area contributed by atoms with Crippen LogP contribution in [0.2, 0.25) is 0 Å². The van der Waals surface area contributed by atoms with E-state index in [9.17, 15) is 4.79 Å². The Bertz CT molecular complexity index is 981. The third kappa shape index (κ3) is 5.11. The molecule has 1 N–H and O–H groups in total. The number of hydrogen-bond acceptors (Lipinski definition) is 5. The van der Waals surface area contributed by atoms with Crippen molar-refractivity contribution in [1.29, 1.82) is 0 Å². The average Bonchev–Trinajstić information content (AvgIpc) is 3.43. The minimum Gasteiger partial charge on any atom is -0.376 e. The van der Waals surface area contributed by atoms with E-state index in [2.05, 4.69) is 21.5 Å². The summed E-state index contributed by atoms with van der Waals surface area (Å²) in [6.07, 6.45) is 7.75. The molecule has 4 rings (SSSR count). The molecule has 0 unspecified atom stereocenters. The molecular formula is C23H26N4O3. The fraction of sp³-hybridized carbons (Fsp3) is 0.348. The molecule has 1 aliphatic rings. The molecule has 1 amide bonds. The summed E-state index contributed by atoms with van der Waals surface area (Å²) < 4.78 is 12.8. The highest BCUT2D eigenvalue weighted by molar-refractivity contribution is 5.80. The third-order valence-electron chi connectivity index (χ3n) is 5.07. The normalized spacial score (nSPS) is 16.0. The molecule has 3 aromatic rings. The third-order valence-corrected chi connectivity index (χ3v) is 5.07. The summed E-state index contributed by atoms with van der Waals surface area (Å²) in [5, 5.41) is 7.56. The van der Waals surface area contributed by atoms with Crippen LogP contribution in [0.25, 0.3) is 22.4 Å². The number of pyridine rings is 1. The molecule has 1 saturated heterocycles. The van der Waals surface area contributed by atoms with E-state index >= 15 is 0 Å². The molecule has 7 nitrogen and oxygen atoms in total. The molecule has 3 heterocycles. The summed E-state index contributed by atoms with van der Waals surface area (Å²) in [5.74, 6) is -0.131. The van der Waals surface area contributed by atoms with Gasteiger partial charge in [0, 0.05) is 49.9 Å². The van der Waals surface area contributed by atoms with Gasteiger partial charge in [-0.2, -0.15) is 5.10 Å². The second kappa shape index (κ2) is 9.65. The van der Waals surface area contributed by atoms with Crippen LogP contribution in [0.3, 0.4) is 0 Å². The van der Waals surface area contributed by atoms with Crippen LogP contribution in [0.4, 0.5) is 0 Å². The van der Waals surface area contributed by atoms with Gasteiger partial charge < -0.3 is 14.8 Å². The van der Waals surface area contributed by atoms with Gasteiger partial charge in [-0.25, -0.2) is 0 Å². The summed E-state index contributed by atoms with van der Waals surface area (Å²) in [4.78, 5) is 16.2. The maximum Gasteiger partial charge on any atom is 0.246 e. The number of ether oxygens (including phenoxy) is 2. The Balaban J connectivity index is 1.38. The second-order valence-electron chi connectivity index (χ2n) is 7.43. The Hall–Kier alpha value is -3.03. The van der Waals surface area contributed by atoms with Crippen LogP contribution >= 0.6 is 0 Å². The van der Waals surface area contributed by atoms with Crippen LogP contribution < -0.4 is 5.32 Å². The fourth-order valence-electron chi connectivity index (χ4n) is 3.58. The molecule has 0 radical (unpaired) electrons. The zero-order valence-electron chi connectivity index (χ0n) is 17.1. The maximum absolute atomic E-state index is 12.1. The quantitative estimate of drug-likeness (QED) is 0.622. The lowest BCUT2D eigenvalue weighted by Gasteiger charge is -2.11. The monoisotopic (exact) mass is 406 g/mol. The highest BCUT2D eigenvalue weighted by Gasteiger charge is 2.16. The number of amides is 1. The lowest BCUT2D eigenvalue weighted by molar-refractivity contribution is -0.127. The number of nitrogens with one attached hydrogen (secondary N) is 1. The first-order valence-electron chi connectivity index (χ1n) is 10.2. The molecule has 0 bridgehead atoms. The molecule has 1 aliphatic heterocycles. The number of nitrogens with zero attached hydrogens (tertiary/aromatic N) is 3. The number of carbonyl (C=O) groups excluding carboxylic acids is 1. The van der Waals surface area contributed by atoms with Crippen molar-refractivity contribution in [3.63, 3.8) is 0 Å². The van der Waals surface area contributed by atoms with E-state index in [1.54, 1.807) is 12.4 Å². The SMILES string of the molecule is Cn1cc(-c2ccncc2)c(-c2cccc(CNC(=O)COC[C@H]3CCCO3)c2)n1. The van der Waals surface area contributed by atoms with Crippen molar-refractivity contribution in [3.8, 4) is 22.4 Å². The van der Waals surface area contributed by atoms with Gasteiger partial charge in [0.2, 0.25) is 5.91 Å². The summed E-state index contributed by atoms with van der Waals surface area (Å²) >= 11 is 0. The molecule has 1 atom stereocenters. The first-order chi connectivity index (χ1) is 14.7. The lowest BCUT2D eigenvalue weighted by atomic mass is 10.0. The van der Waals surface area contributed by atoms with Crippen molar-refractivity contribution >= 4 is 5.91 Å². The molecule has 0 aliphatic carbocycles. The smallest absolute Gasteiger partial charge is 0.246 e. The first-order valence-corrected chi connectivity index (χ1v) is 10.2. The van der Waals surface area contributed by atoms with Crippen LogP contribution in [-0.2, 0) is 27.9 Å². The predicted molar refractivity (Wildman–Crippen MR) is 114 cm³/mol. The minimum atomic E-state index is -0.131. The fourth-order valence-corrected chi connectivity index (χ4v) is 3.58. The Morgan fingerprint density at radius 1 is 1.27 bits per heavy atom. The summed E-state index contributed by atoms with van der Waals surface area (Å²) in [6, 6.07) is 12.0. The summed E-state index contributed by atoms with van der Waals surface area (Å²) in [5.41, 5.74) is 5.02. The lowest BCUT2D eigenvalue weighted by Crippen LogP contribution is -2.28. The average molecular weight is 406 g/mol. The van der Waals surface area contributed by atoms with E-state index in [0.717, 1.165) is 47.4 Å². The highest BCUT2D eigenvalue weighted by atomic mass is 16.5. The molecule has 0 saturated carbocycles. The van der Waals surface area contributed by atoms with Gasteiger partial charge in [-0.3, -0.25) is 14.5 Å². The van der Waals surface area contributed by atoms with Crippen LogP contribution in [0, 0.1) is 0 Å². The highest BCUT2D eigenvalue weighted by Crippen LogP contribution is 2.30. The van der Waals surface area contributed by atoms with Crippen LogP contribution in [0.5, 0.6) is 0 Å². The summed E-state index contributed by atoms with van der Waals surface area (Å²) in [7, 11) is 1.91. The van der Waals surface area contributed by atoms with E-state index in [0.29, 0.717) is 13.2 Å². The standard InChI is InChI=1S/C23H26N4O3/c1-27-14-21(18-7-9-24-10-8-18)23(26-27)19-5-2-4-17(12-19)13-25-22(28)16-29-15-20-6-3-11-30-20/h2,4-5,7-10,12,14,20H,3,6,11,13,15-16H2,1H3,(H,25,28)/t20-/m1/s1. The van der Waals surface area contributed by atoms with Crippen LogP contribution in [-0.4, -0.2) is 46.6 Å². The Labute approximate surface area is 176 Å². The predicted octanol–water partition coefficient (Wildman–Crippen LogP) is 2.96. The Morgan fingerprint density at radius 2 is 2.13 bits per heavy atom. The number of benzene rings is 1. The van der Waals surface area contributed by atoms with Crippen molar-refractivity contribution in [2.45, 2.75) is 25.5 Å². The van der Waals surface area contributed by atoms with Crippen molar-refractivity contribution in [3.05, 3.63) is 60.6 Å². The molecule has 2 aromatic heterocycles. The van der Waals surface area contributed by atoms with Gasteiger partial charge in [0.05, 0.1) is 12.7 Å². The first kappa shape index (κ1) is 20.3. The van der Waals surface area contributed by atoms with Crippen LogP contribution in [0.15, 0.2) is 55.0 Å². The van der Waals surface area contributed by atoms with E-state index in [1.165, 1.54) is 0 Å². The number of aromatic nitrogens is 3. The zero-order chi connectivity index (χ0) is 20.8. The van der Waals surface area contributed by atoms with E-state index in [1.807, 2.05) is 48.3 Å². The Kier molecular flexibility index (Phi) is 6.51. The molecular weight excluding hydrogens is 380 g/mol. The topological polar surface area (TPSA) is 78.3 Å². The largest absolute Gasteiger partial charge is 0.376 e.